The minimum Gasteiger partial charge on any atom is -0.313 e. The first-order valence-corrected chi connectivity index (χ1v) is 8.04. The lowest BCUT2D eigenvalue weighted by Gasteiger charge is -2.44. The van der Waals surface area contributed by atoms with E-state index in [1.54, 1.807) is 0 Å². The Labute approximate surface area is 115 Å². The van der Waals surface area contributed by atoms with E-state index in [2.05, 4.69) is 44.8 Å². The number of hydrogen-bond acceptors (Lipinski definition) is 2. The van der Waals surface area contributed by atoms with Crippen LogP contribution in [0.15, 0.2) is 0 Å². The standard InChI is InChI=1S/C16H34N2/c1-6-15(13-17-14(4)5)18-11-9-16(7-2,8-3)10-12-18/h14-15,17H,6-13H2,1-5H3. The van der Waals surface area contributed by atoms with Gasteiger partial charge in [-0.2, -0.15) is 0 Å². The molecule has 0 aromatic rings. The highest BCUT2D eigenvalue weighted by Gasteiger charge is 2.33. The molecule has 1 rings (SSSR count). The summed E-state index contributed by atoms with van der Waals surface area (Å²) in [5.41, 5.74) is 0.653. The van der Waals surface area contributed by atoms with Gasteiger partial charge in [0.1, 0.15) is 0 Å². The molecule has 0 bridgehead atoms. The smallest absolute Gasteiger partial charge is 0.0218 e. The lowest BCUT2D eigenvalue weighted by Crippen LogP contribution is -2.49. The maximum Gasteiger partial charge on any atom is 0.0218 e. The van der Waals surface area contributed by atoms with Gasteiger partial charge < -0.3 is 5.32 Å². The van der Waals surface area contributed by atoms with Crippen molar-refractivity contribution in [2.24, 2.45) is 5.41 Å². The molecular weight excluding hydrogens is 220 g/mol. The molecule has 1 N–H and O–H groups in total. The van der Waals surface area contributed by atoms with Gasteiger partial charge in [-0.05, 0) is 37.8 Å². The Hall–Kier alpha value is -0.0800. The summed E-state index contributed by atoms with van der Waals surface area (Å²) in [5.74, 6) is 0. The maximum atomic E-state index is 3.60. The topological polar surface area (TPSA) is 15.3 Å². The minimum absolute atomic E-state index is 0.606. The largest absolute Gasteiger partial charge is 0.313 e. The summed E-state index contributed by atoms with van der Waals surface area (Å²) in [6, 6.07) is 1.34. The molecule has 2 heteroatoms. The summed E-state index contributed by atoms with van der Waals surface area (Å²) >= 11 is 0. The molecule has 1 fully saturated rings. The van der Waals surface area contributed by atoms with E-state index in [1.807, 2.05) is 0 Å². The number of likely N-dealkylation sites (tertiary alicyclic amines) is 1. The molecule has 1 heterocycles. The van der Waals surface area contributed by atoms with Crippen LogP contribution in [0.2, 0.25) is 0 Å². The average Bonchev–Trinajstić information content (AvgIpc) is 2.40. The Kier molecular flexibility index (Phi) is 6.65. The fraction of sp³-hybridized carbons (Fsp3) is 1.00. The van der Waals surface area contributed by atoms with Crippen LogP contribution in [0.25, 0.3) is 0 Å². The summed E-state index contributed by atoms with van der Waals surface area (Å²) in [6.07, 6.45) is 6.79. The predicted octanol–water partition coefficient (Wildman–Crippen LogP) is 3.67. The molecule has 1 aliphatic heterocycles. The maximum absolute atomic E-state index is 3.60. The quantitative estimate of drug-likeness (QED) is 0.746. The lowest BCUT2D eigenvalue weighted by molar-refractivity contribution is 0.0637. The van der Waals surface area contributed by atoms with E-state index in [0.29, 0.717) is 11.5 Å². The van der Waals surface area contributed by atoms with Crippen molar-refractivity contribution in [3.05, 3.63) is 0 Å². The second-order valence-electron chi connectivity index (χ2n) is 6.37. The zero-order valence-corrected chi connectivity index (χ0v) is 13.3. The van der Waals surface area contributed by atoms with Gasteiger partial charge in [-0.1, -0.05) is 47.5 Å². The third kappa shape index (κ3) is 4.24. The molecule has 0 aromatic carbocycles. The highest BCUT2D eigenvalue weighted by atomic mass is 15.2. The molecule has 1 aliphatic rings. The van der Waals surface area contributed by atoms with Crippen LogP contribution in [0.3, 0.4) is 0 Å². The zero-order chi connectivity index (χ0) is 13.6. The first kappa shape index (κ1) is 16.0. The number of nitrogens with one attached hydrogen (secondary N) is 1. The second kappa shape index (κ2) is 7.49. The molecule has 1 saturated heterocycles. The average molecular weight is 254 g/mol. The van der Waals surface area contributed by atoms with Gasteiger partial charge in [0.2, 0.25) is 0 Å². The van der Waals surface area contributed by atoms with Gasteiger partial charge >= 0.3 is 0 Å². The van der Waals surface area contributed by atoms with Crippen LogP contribution in [-0.2, 0) is 0 Å². The fourth-order valence-corrected chi connectivity index (χ4v) is 3.22. The van der Waals surface area contributed by atoms with Crippen molar-refractivity contribution in [3.63, 3.8) is 0 Å². The lowest BCUT2D eigenvalue weighted by atomic mass is 9.74. The van der Waals surface area contributed by atoms with E-state index >= 15 is 0 Å². The molecule has 1 atom stereocenters. The summed E-state index contributed by atoms with van der Waals surface area (Å²) in [6.45, 7) is 15.3. The summed E-state index contributed by atoms with van der Waals surface area (Å²) in [4.78, 5) is 2.72. The molecule has 2 nitrogen and oxygen atoms in total. The molecule has 0 aromatic heterocycles. The monoisotopic (exact) mass is 254 g/mol. The minimum atomic E-state index is 0.606. The van der Waals surface area contributed by atoms with Gasteiger partial charge in [-0.15, -0.1) is 0 Å². The van der Waals surface area contributed by atoms with E-state index in [0.717, 1.165) is 12.6 Å². The Bertz CT molecular complexity index is 211. The van der Waals surface area contributed by atoms with Crippen molar-refractivity contribution >= 4 is 0 Å². The van der Waals surface area contributed by atoms with Gasteiger partial charge in [-0.3, -0.25) is 4.90 Å². The number of nitrogens with zero attached hydrogens (tertiary/aromatic N) is 1. The SMILES string of the molecule is CCC(CNC(C)C)N1CCC(CC)(CC)CC1. The highest BCUT2D eigenvalue weighted by Crippen LogP contribution is 2.38. The van der Waals surface area contributed by atoms with Crippen molar-refractivity contribution in [1.29, 1.82) is 0 Å². The molecular formula is C16H34N2. The van der Waals surface area contributed by atoms with E-state index < -0.39 is 0 Å². The van der Waals surface area contributed by atoms with Gasteiger partial charge in [0.05, 0.1) is 0 Å². The number of rotatable bonds is 7. The van der Waals surface area contributed by atoms with Crippen LogP contribution in [0.1, 0.15) is 66.7 Å². The molecule has 0 spiro atoms. The zero-order valence-electron chi connectivity index (χ0n) is 13.3. The Morgan fingerprint density at radius 2 is 1.61 bits per heavy atom. The normalized spacial score (nSPS) is 22.3. The van der Waals surface area contributed by atoms with Crippen LogP contribution in [-0.4, -0.2) is 36.6 Å². The first-order chi connectivity index (χ1) is 8.56. The number of piperidine rings is 1. The van der Waals surface area contributed by atoms with Gasteiger partial charge in [0, 0.05) is 18.6 Å². The van der Waals surface area contributed by atoms with Crippen molar-refractivity contribution in [3.8, 4) is 0 Å². The summed E-state index contributed by atoms with van der Waals surface area (Å²) < 4.78 is 0. The van der Waals surface area contributed by atoms with Crippen LogP contribution in [0, 0.1) is 5.41 Å². The number of hydrogen-bond donors (Lipinski definition) is 1. The van der Waals surface area contributed by atoms with Crippen LogP contribution >= 0.6 is 0 Å². The van der Waals surface area contributed by atoms with Crippen LogP contribution < -0.4 is 5.32 Å². The van der Waals surface area contributed by atoms with Crippen molar-refractivity contribution in [2.45, 2.75) is 78.8 Å². The van der Waals surface area contributed by atoms with Gasteiger partial charge in [0.15, 0.2) is 0 Å². The predicted molar refractivity (Wildman–Crippen MR) is 81.0 cm³/mol. The van der Waals surface area contributed by atoms with Crippen molar-refractivity contribution in [1.82, 2.24) is 10.2 Å². The molecule has 0 amide bonds. The van der Waals surface area contributed by atoms with E-state index in [9.17, 15) is 0 Å². The van der Waals surface area contributed by atoms with E-state index in [4.69, 9.17) is 0 Å². The summed E-state index contributed by atoms with van der Waals surface area (Å²) in [7, 11) is 0. The molecule has 0 aliphatic carbocycles. The molecule has 0 saturated carbocycles. The molecule has 18 heavy (non-hydrogen) atoms. The van der Waals surface area contributed by atoms with E-state index in [1.165, 1.54) is 45.2 Å². The Morgan fingerprint density at radius 1 is 1.06 bits per heavy atom. The Balaban J connectivity index is 2.44. The van der Waals surface area contributed by atoms with Gasteiger partial charge in [0.25, 0.3) is 0 Å². The third-order valence-electron chi connectivity index (χ3n) is 5.11. The van der Waals surface area contributed by atoms with E-state index in [-0.39, 0.29) is 0 Å². The molecule has 1 unspecified atom stereocenters. The first-order valence-electron chi connectivity index (χ1n) is 8.04. The highest BCUT2D eigenvalue weighted by molar-refractivity contribution is 4.87. The Morgan fingerprint density at radius 3 is 2.00 bits per heavy atom. The second-order valence-corrected chi connectivity index (χ2v) is 6.37. The van der Waals surface area contributed by atoms with Gasteiger partial charge in [-0.25, -0.2) is 0 Å². The fourth-order valence-electron chi connectivity index (χ4n) is 3.22. The van der Waals surface area contributed by atoms with Crippen LogP contribution in [0.4, 0.5) is 0 Å². The third-order valence-corrected chi connectivity index (χ3v) is 5.11. The molecule has 108 valence electrons. The summed E-state index contributed by atoms with van der Waals surface area (Å²) in [5, 5.41) is 3.60. The molecule has 0 radical (unpaired) electrons. The van der Waals surface area contributed by atoms with Crippen LogP contribution in [0.5, 0.6) is 0 Å². The van der Waals surface area contributed by atoms with Crippen molar-refractivity contribution < 1.29 is 0 Å². The van der Waals surface area contributed by atoms with Crippen molar-refractivity contribution in [2.75, 3.05) is 19.6 Å².